The molecular formula is C13H24N4OS. The first kappa shape index (κ1) is 14.8. The highest BCUT2D eigenvalue weighted by molar-refractivity contribution is 7.99. The molecule has 1 aromatic rings. The first-order valence-electron chi connectivity index (χ1n) is 7.25. The second-order valence-electron chi connectivity index (χ2n) is 4.66. The Hall–Kier alpha value is -0.590. The zero-order valence-electron chi connectivity index (χ0n) is 11.7. The van der Waals surface area contributed by atoms with Gasteiger partial charge in [0.15, 0.2) is 5.16 Å². The molecule has 0 bridgehead atoms. The van der Waals surface area contributed by atoms with Crippen molar-refractivity contribution in [3.8, 4) is 0 Å². The van der Waals surface area contributed by atoms with E-state index in [1.807, 2.05) is 6.92 Å². The minimum atomic E-state index is 0.793. The van der Waals surface area contributed by atoms with Crippen molar-refractivity contribution in [3.05, 3.63) is 5.82 Å². The molecular weight excluding hydrogens is 260 g/mol. The van der Waals surface area contributed by atoms with Crippen LogP contribution in [0.25, 0.3) is 0 Å². The molecule has 0 radical (unpaired) electrons. The average molecular weight is 284 g/mol. The minimum Gasteiger partial charge on any atom is -0.380 e. The van der Waals surface area contributed by atoms with E-state index in [0.717, 1.165) is 50.2 Å². The smallest absolute Gasteiger partial charge is 0.191 e. The van der Waals surface area contributed by atoms with Gasteiger partial charge in [0.25, 0.3) is 0 Å². The molecule has 5 nitrogen and oxygen atoms in total. The van der Waals surface area contributed by atoms with Crippen LogP contribution in [0.5, 0.6) is 0 Å². The van der Waals surface area contributed by atoms with E-state index in [1.165, 1.54) is 25.1 Å². The van der Waals surface area contributed by atoms with Gasteiger partial charge in [-0.25, -0.2) is 0 Å². The van der Waals surface area contributed by atoms with Crippen molar-refractivity contribution in [2.75, 3.05) is 32.1 Å². The fourth-order valence-electron chi connectivity index (χ4n) is 2.19. The quantitative estimate of drug-likeness (QED) is 0.582. The maximum Gasteiger partial charge on any atom is 0.191 e. The number of hydrogen-bond acceptors (Lipinski definition) is 5. The van der Waals surface area contributed by atoms with Crippen LogP contribution in [0.3, 0.4) is 0 Å². The van der Waals surface area contributed by atoms with E-state index < -0.39 is 0 Å². The van der Waals surface area contributed by atoms with Gasteiger partial charge >= 0.3 is 0 Å². The summed E-state index contributed by atoms with van der Waals surface area (Å²) in [4.78, 5) is 0. The SMILES string of the molecule is CCOCCNCCSc1nnc2n1CCCCC2. The van der Waals surface area contributed by atoms with E-state index in [2.05, 4.69) is 20.1 Å². The van der Waals surface area contributed by atoms with E-state index in [-0.39, 0.29) is 0 Å². The summed E-state index contributed by atoms with van der Waals surface area (Å²) in [5.41, 5.74) is 0. The van der Waals surface area contributed by atoms with Crippen molar-refractivity contribution >= 4 is 11.8 Å². The Kier molecular flexibility index (Phi) is 6.67. The highest BCUT2D eigenvalue weighted by Gasteiger charge is 2.14. The lowest BCUT2D eigenvalue weighted by Gasteiger charge is -2.07. The summed E-state index contributed by atoms with van der Waals surface area (Å²) in [5, 5.41) is 13.1. The summed E-state index contributed by atoms with van der Waals surface area (Å²) in [6.07, 6.45) is 4.90. The van der Waals surface area contributed by atoms with E-state index in [9.17, 15) is 0 Å². The molecule has 0 atom stereocenters. The maximum absolute atomic E-state index is 5.28. The predicted octanol–water partition coefficient (Wildman–Crippen LogP) is 1.72. The summed E-state index contributed by atoms with van der Waals surface area (Å²) >= 11 is 1.80. The molecule has 2 rings (SSSR count). The highest BCUT2D eigenvalue weighted by Crippen LogP contribution is 2.21. The van der Waals surface area contributed by atoms with E-state index >= 15 is 0 Å². The van der Waals surface area contributed by atoms with Gasteiger partial charge in [-0.2, -0.15) is 0 Å². The van der Waals surface area contributed by atoms with Gasteiger partial charge in [0, 0.05) is 38.4 Å². The Morgan fingerprint density at radius 3 is 3.11 bits per heavy atom. The Morgan fingerprint density at radius 1 is 1.26 bits per heavy atom. The van der Waals surface area contributed by atoms with Gasteiger partial charge in [0.05, 0.1) is 6.61 Å². The van der Waals surface area contributed by atoms with Gasteiger partial charge in [-0.3, -0.25) is 0 Å². The number of nitrogens with one attached hydrogen (secondary N) is 1. The van der Waals surface area contributed by atoms with Crippen LogP contribution in [0.2, 0.25) is 0 Å². The minimum absolute atomic E-state index is 0.793. The summed E-state index contributed by atoms with van der Waals surface area (Å²) in [6.45, 7) is 6.60. The fraction of sp³-hybridized carbons (Fsp3) is 0.846. The molecule has 6 heteroatoms. The molecule has 0 aliphatic carbocycles. The lowest BCUT2D eigenvalue weighted by molar-refractivity contribution is 0.150. The molecule has 19 heavy (non-hydrogen) atoms. The number of hydrogen-bond donors (Lipinski definition) is 1. The molecule has 0 unspecified atom stereocenters. The molecule has 0 saturated heterocycles. The number of aryl methyl sites for hydroxylation is 1. The molecule has 0 saturated carbocycles. The number of aromatic nitrogens is 3. The zero-order chi connectivity index (χ0) is 13.3. The Bertz CT molecular complexity index is 370. The second kappa shape index (κ2) is 8.55. The van der Waals surface area contributed by atoms with Crippen LogP contribution in [0, 0.1) is 0 Å². The molecule has 1 aliphatic heterocycles. The number of fused-ring (bicyclic) bond motifs is 1. The largest absolute Gasteiger partial charge is 0.380 e. The molecule has 2 heterocycles. The maximum atomic E-state index is 5.28. The van der Waals surface area contributed by atoms with Gasteiger partial charge in [0.1, 0.15) is 5.82 Å². The third-order valence-electron chi connectivity index (χ3n) is 3.21. The zero-order valence-corrected chi connectivity index (χ0v) is 12.5. The Labute approximate surface area is 119 Å². The standard InChI is InChI=1S/C13H24N4OS/c1-2-18-10-7-14-8-11-19-13-16-15-12-6-4-3-5-9-17(12)13/h14H,2-11H2,1H3. The second-order valence-corrected chi connectivity index (χ2v) is 5.72. The van der Waals surface area contributed by atoms with Crippen molar-refractivity contribution in [2.24, 2.45) is 0 Å². The topological polar surface area (TPSA) is 52.0 Å². The number of thioether (sulfide) groups is 1. The molecule has 108 valence electrons. The first-order valence-corrected chi connectivity index (χ1v) is 8.23. The molecule has 0 fully saturated rings. The van der Waals surface area contributed by atoms with Gasteiger partial charge in [-0.05, 0) is 19.8 Å². The first-order chi connectivity index (χ1) is 9.42. The van der Waals surface area contributed by atoms with Crippen molar-refractivity contribution in [1.29, 1.82) is 0 Å². The molecule has 1 aromatic heterocycles. The Morgan fingerprint density at radius 2 is 2.21 bits per heavy atom. The lowest BCUT2D eigenvalue weighted by atomic mass is 10.2. The van der Waals surface area contributed by atoms with Gasteiger partial charge in [-0.1, -0.05) is 18.2 Å². The average Bonchev–Trinajstić information content (AvgIpc) is 2.66. The highest BCUT2D eigenvalue weighted by atomic mass is 32.2. The number of ether oxygens (including phenoxy) is 1. The van der Waals surface area contributed by atoms with E-state index in [0.29, 0.717) is 0 Å². The van der Waals surface area contributed by atoms with Crippen LogP contribution in [0.15, 0.2) is 5.16 Å². The molecule has 1 N–H and O–H groups in total. The van der Waals surface area contributed by atoms with E-state index in [4.69, 9.17) is 4.74 Å². The van der Waals surface area contributed by atoms with Crippen molar-refractivity contribution in [1.82, 2.24) is 20.1 Å². The predicted molar refractivity (Wildman–Crippen MR) is 77.7 cm³/mol. The van der Waals surface area contributed by atoms with Crippen molar-refractivity contribution < 1.29 is 4.74 Å². The third kappa shape index (κ3) is 4.78. The van der Waals surface area contributed by atoms with Crippen LogP contribution in [-0.2, 0) is 17.7 Å². The Balaban J connectivity index is 1.67. The number of rotatable bonds is 8. The molecule has 1 aliphatic rings. The lowest BCUT2D eigenvalue weighted by Crippen LogP contribution is -2.22. The van der Waals surface area contributed by atoms with Gasteiger partial charge in [0.2, 0.25) is 0 Å². The summed E-state index contributed by atoms with van der Waals surface area (Å²) in [7, 11) is 0. The molecule has 0 amide bonds. The molecule has 0 spiro atoms. The monoisotopic (exact) mass is 284 g/mol. The van der Waals surface area contributed by atoms with Crippen LogP contribution in [0.4, 0.5) is 0 Å². The van der Waals surface area contributed by atoms with Gasteiger partial charge in [-0.15, -0.1) is 10.2 Å². The van der Waals surface area contributed by atoms with E-state index in [1.54, 1.807) is 11.8 Å². The van der Waals surface area contributed by atoms with Crippen molar-refractivity contribution in [3.63, 3.8) is 0 Å². The van der Waals surface area contributed by atoms with Crippen molar-refractivity contribution in [2.45, 2.75) is 44.3 Å². The summed E-state index contributed by atoms with van der Waals surface area (Å²) < 4.78 is 7.58. The molecule has 0 aromatic carbocycles. The van der Waals surface area contributed by atoms with Crippen LogP contribution >= 0.6 is 11.8 Å². The van der Waals surface area contributed by atoms with Crippen LogP contribution in [0.1, 0.15) is 32.0 Å². The summed E-state index contributed by atoms with van der Waals surface area (Å²) in [5.74, 6) is 2.20. The van der Waals surface area contributed by atoms with Crippen LogP contribution < -0.4 is 5.32 Å². The van der Waals surface area contributed by atoms with Crippen LogP contribution in [-0.4, -0.2) is 46.8 Å². The fourth-order valence-corrected chi connectivity index (χ4v) is 3.07. The third-order valence-corrected chi connectivity index (χ3v) is 4.18. The van der Waals surface area contributed by atoms with Gasteiger partial charge < -0.3 is 14.6 Å². The summed E-state index contributed by atoms with van der Waals surface area (Å²) in [6, 6.07) is 0. The number of nitrogens with zero attached hydrogens (tertiary/aromatic N) is 3. The normalized spacial score (nSPS) is 15.2.